The third kappa shape index (κ3) is 8.85. The van der Waals surface area contributed by atoms with Crippen LogP contribution in [-0.4, -0.2) is 37.1 Å². The Morgan fingerprint density at radius 1 is 0.893 bits per heavy atom. The van der Waals surface area contributed by atoms with E-state index < -0.39 is 0 Å². The molecule has 2 aromatic rings. The van der Waals surface area contributed by atoms with Crippen molar-refractivity contribution >= 4 is 29.4 Å². The first-order valence-electron chi connectivity index (χ1n) is 8.72. The molecule has 2 rings (SSSR count). The van der Waals surface area contributed by atoms with Crippen molar-refractivity contribution in [3.8, 4) is 11.5 Å². The third-order valence-corrected chi connectivity index (χ3v) is 3.97. The second-order valence-corrected chi connectivity index (χ2v) is 6.12. The molecule has 0 aliphatic carbocycles. The molecule has 0 saturated carbocycles. The van der Waals surface area contributed by atoms with E-state index in [-0.39, 0.29) is 24.0 Å². The van der Waals surface area contributed by atoms with E-state index in [4.69, 9.17) is 9.47 Å². The van der Waals surface area contributed by atoms with Gasteiger partial charge in [0.25, 0.3) is 0 Å². The Kier molecular flexibility index (Phi) is 12.2. The van der Waals surface area contributed by atoms with Gasteiger partial charge in [-0.1, -0.05) is 10.2 Å². The highest BCUT2D eigenvalue weighted by Gasteiger charge is 2.00. The van der Waals surface area contributed by atoms with Crippen molar-refractivity contribution in [1.29, 1.82) is 0 Å². The van der Waals surface area contributed by atoms with Crippen LogP contribution >= 0.6 is 11.8 Å². The molecule has 0 aromatic heterocycles. The molecule has 2 N–H and O–H groups in total. The lowest BCUT2D eigenvalue weighted by Gasteiger charge is -2.01. The van der Waals surface area contributed by atoms with E-state index in [0.717, 1.165) is 27.8 Å². The first-order valence-corrected chi connectivity index (χ1v) is 9.94. The molecule has 0 atom stereocenters. The van der Waals surface area contributed by atoms with E-state index >= 15 is 0 Å². The van der Waals surface area contributed by atoms with Gasteiger partial charge < -0.3 is 33.5 Å². The van der Waals surface area contributed by atoms with E-state index in [1.165, 1.54) is 11.8 Å². The second kappa shape index (κ2) is 14.1. The highest BCUT2D eigenvalue weighted by atomic mass is 127. The number of nitrogens with zero attached hydrogens (tertiary/aromatic N) is 3. The molecule has 0 heterocycles. The third-order valence-electron chi connectivity index (χ3n) is 3.36. The van der Waals surface area contributed by atoms with Gasteiger partial charge in [-0.3, -0.25) is 0 Å². The van der Waals surface area contributed by atoms with Crippen LogP contribution in [0.5, 0.6) is 11.5 Å². The Morgan fingerprint density at radius 3 is 1.86 bits per heavy atom. The zero-order chi connectivity index (χ0) is 19.3. The van der Waals surface area contributed by atoms with Gasteiger partial charge in [0, 0.05) is 0 Å². The van der Waals surface area contributed by atoms with Crippen LogP contribution in [0.3, 0.4) is 0 Å². The maximum Gasteiger partial charge on any atom is 0.305 e. The van der Waals surface area contributed by atoms with E-state index in [1.807, 2.05) is 68.6 Å². The Morgan fingerprint density at radius 2 is 1.39 bits per heavy atom. The molecule has 28 heavy (non-hydrogen) atoms. The number of nitrogens with two attached hydrogens (primary N) is 1. The number of hydrogen-bond acceptors (Lipinski definition) is 6. The van der Waals surface area contributed by atoms with Crippen molar-refractivity contribution in [3.63, 3.8) is 0 Å². The highest BCUT2D eigenvalue weighted by Crippen LogP contribution is 2.11. The van der Waals surface area contributed by atoms with Gasteiger partial charge in [0.1, 0.15) is 11.5 Å². The smallest absolute Gasteiger partial charge is 0.305 e. The first kappa shape index (κ1) is 24.1. The molecule has 0 bridgehead atoms. The summed E-state index contributed by atoms with van der Waals surface area (Å²) in [6, 6.07) is 15.5. The molecule has 6 nitrogen and oxygen atoms in total. The Bertz CT molecular complexity index is 778. The quantitative estimate of drug-likeness (QED) is 0.180. The second-order valence-electron chi connectivity index (χ2n) is 5.30. The minimum Gasteiger partial charge on any atom is -1.00 e. The van der Waals surface area contributed by atoms with Gasteiger partial charge >= 0.3 is 5.17 Å². The molecule has 2 aromatic carbocycles. The number of hydrogen-bond donors (Lipinski definition) is 1. The largest absolute Gasteiger partial charge is 1.00 e. The maximum atomic E-state index is 5.42. The Labute approximate surface area is 187 Å². The molecule has 0 amide bonds. The van der Waals surface area contributed by atoms with Crippen molar-refractivity contribution < 1.29 is 38.9 Å². The molecule has 0 spiro atoms. The molecule has 0 fully saturated rings. The lowest BCUT2D eigenvalue weighted by atomic mass is 10.2. The predicted octanol–water partition coefficient (Wildman–Crippen LogP) is 0.138. The molecule has 0 unspecified atom stereocenters. The summed E-state index contributed by atoms with van der Waals surface area (Å²) in [5.74, 6) is 1.70. The van der Waals surface area contributed by atoms with Crippen LogP contribution in [-0.2, 0) is 0 Å². The molecule has 0 saturated heterocycles. The number of ether oxygens (including phenoxy) is 2. The number of halogens is 1. The van der Waals surface area contributed by atoms with Crippen LogP contribution in [0, 0.1) is 0 Å². The Hall–Kier alpha value is -1.91. The average molecular weight is 512 g/mol. The fourth-order valence-corrected chi connectivity index (χ4v) is 2.39. The van der Waals surface area contributed by atoms with Gasteiger partial charge in [-0.15, -0.1) is 0 Å². The molecular formula is C20H25IN4O2S. The average Bonchev–Trinajstić information content (AvgIpc) is 2.70. The van der Waals surface area contributed by atoms with Crippen LogP contribution < -0.4 is 38.9 Å². The highest BCUT2D eigenvalue weighted by molar-refractivity contribution is 8.12. The van der Waals surface area contributed by atoms with Crippen molar-refractivity contribution in [2.75, 3.05) is 19.5 Å². The summed E-state index contributed by atoms with van der Waals surface area (Å²) in [6.07, 6.45) is 5.42. The number of amidine groups is 1. The van der Waals surface area contributed by atoms with E-state index in [2.05, 4.69) is 15.3 Å². The maximum absolute atomic E-state index is 5.42. The standard InChI is InChI=1S/C20H24N4O2S.HI/c1-4-25-18-10-6-16(7-11-18)14-21-23-20(27-3)24-22-15-17-8-12-19(13-9-17)26-5-2;/h6-15H,4-5H2,1-3H3,(H,23,24);1H. The van der Waals surface area contributed by atoms with Gasteiger partial charge in [0.05, 0.1) is 25.6 Å². The van der Waals surface area contributed by atoms with Crippen molar-refractivity contribution in [3.05, 3.63) is 59.7 Å². The topological polar surface area (TPSA) is 72.2 Å². The zero-order valence-electron chi connectivity index (χ0n) is 16.2. The first-order chi connectivity index (χ1) is 13.2. The molecule has 8 heteroatoms. The normalized spacial score (nSPS) is 11.6. The van der Waals surface area contributed by atoms with Gasteiger partial charge in [0.15, 0.2) is 0 Å². The summed E-state index contributed by atoms with van der Waals surface area (Å²) in [6.45, 7) is 5.24. The molecule has 150 valence electrons. The number of benzene rings is 2. The summed E-state index contributed by atoms with van der Waals surface area (Å²) in [7, 11) is 0. The summed E-state index contributed by atoms with van der Waals surface area (Å²) >= 11 is 1.49. The minimum atomic E-state index is 0. The van der Waals surface area contributed by atoms with Gasteiger partial charge in [-0.05, 0) is 91.5 Å². The van der Waals surface area contributed by atoms with Crippen LogP contribution in [0.4, 0.5) is 0 Å². The predicted molar refractivity (Wildman–Crippen MR) is 113 cm³/mol. The number of thioether (sulfide) groups is 1. The van der Waals surface area contributed by atoms with Crippen LogP contribution in [0.1, 0.15) is 25.0 Å². The van der Waals surface area contributed by atoms with E-state index in [9.17, 15) is 0 Å². The molecule has 0 radical (unpaired) electrons. The fraction of sp³-hybridized carbons (Fsp3) is 0.250. The summed E-state index contributed by atoms with van der Waals surface area (Å²) in [4.78, 5) is 0. The Balaban J connectivity index is 0.00000392. The van der Waals surface area contributed by atoms with E-state index in [1.54, 1.807) is 17.9 Å². The summed E-state index contributed by atoms with van der Waals surface area (Å²) < 4.78 is 10.8. The van der Waals surface area contributed by atoms with Gasteiger partial charge in [0.2, 0.25) is 0 Å². The van der Waals surface area contributed by atoms with Crippen molar-refractivity contribution in [1.82, 2.24) is 0 Å². The van der Waals surface area contributed by atoms with Crippen molar-refractivity contribution in [2.24, 2.45) is 15.3 Å². The molecular weight excluding hydrogens is 487 g/mol. The molecule has 0 aliphatic heterocycles. The van der Waals surface area contributed by atoms with Crippen LogP contribution in [0.15, 0.2) is 63.8 Å². The lowest BCUT2D eigenvalue weighted by Crippen LogP contribution is -3.00. The SMILES string of the molecule is CCOc1ccc(C=N/N=C(\[NH2+]N=Cc2ccc(OCC)cc2)SC)cc1.[I-]. The summed E-state index contributed by atoms with van der Waals surface area (Å²) in [5.41, 5.74) is 3.64. The summed E-state index contributed by atoms with van der Waals surface area (Å²) in [5, 5.41) is 13.4. The number of rotatable bonds is 8. The number of quaternary nitrogens is 1. The van der Waals surface area contributed by atoms with Crippen LogP contribution in [0.25, 0.3) is 0 Å². The van der Waals surface area contributed by atoms with Crippen LogP contribution in [0.2, 0.25) is 0 Å². The van der Waals surface area contributed by atoms with Gasteiger partial charge in [-0.2, -0.15) is 10.5 Å². The molecule has 0 aliphatic rings. The van der Waals surface area contributed by atoms with Crippen molar-refractivity contribution in [2.45, 2.75) is 13.8 Å². The van der Waals surface area contributed by atoms with Gasteiger partial charge in [-0.25, -0.2) is 0 Å². The lowest BCUT2D eigenvalue weighted by molar-refractivity contribution is -0.539. The van der Waals surface area contributed by atoms with E-state index in [0.29, 0.717) is 13.2 Å². The monoisotopic (exact) mass is 512 g/mol. The zero-order valence-corrected chi connectivity index (χ0v) is 19.2. The minimum absolute atomic E-state index is 0. The fourth-order valence-electron chi connectivity index (χ4n) is 2.09.